The van der Waals surface area contributed by atoms with Crippen molar-refractivity contribution in [2.45, 2.75) is 37.3 Å². The Morgan fingerprint density at radius 2 is 1.88 bits per heavy atom. The van der Waals surface area contributed by atoms with Crippen LogP contribution < -0.4 is 10.9 Å². The average Bonchev–Trinajstić information content (AvgIpc) is 3.64. The number of fused-ring (bicyclic) bond motifs is 3. The average molecular weight is 585 g/mol. The molecule has 1 aliphatic carbocycles. The van der Waals surface area contributed by atoms with Crippen molar-refractivity contribution in [3.63, 3.8) is 0 Å². The van der Waals surface area contributed by atoms with Gasteiger partial charge in [0.15, 0.2) is 23.1 Å². The van der Waals surface area contributed by atoms with Gasteiger partial charge in [0.25, 0.3) is 5.56 Å². The number of nitrogens with one attached hydrogen (secondary N) is 1. The molecule has 1 aromatic carbocycles. The zero-order chi connectivity index (χ0) is 29.2. The van der Waals surface area contributed by atoms with Gasteiger partial charge in [-0.3, -0.25) is 14.5 Å². The van der Waals surface area contributed by atoms with Crippen LogP contribution in [-0.4, -0.2) is 70.3 Å². The molecule has 2 atom stereocenters. The van der Waals surface area contributed by atoms with Crippen LogP contribution in [0.1, 0.15) is 30.7 Å². The quantitative estimate of drug-likeness (QED) is 0.325. The highest BCUT2D eigenvalue weighted by atomic mass is 32.2. The number of anilines is 2. The first-order valence-corrected chi connectivity index (χ1v) is 16.4. The first-order valence-electron chi connectivity index (χ1n) is 14.1. The van der Waals surface area contributed by atoms with Gasteiger partial charge in [0.05, 0.1) is 12.1 Å². The summed E-state index contributed by atoms with van der Waals surface area (Å²) in [5.74, 6) is 1.94. The Kier molecular flexibility index (Phi) is 6.17. The summed E-state index contributed by atoms with van der Waals surface area (Å²) in [6, 6.07) is 13.3. The van der Waals surface area contributed by atoms with Crippen LogP contribution in [0.3, 0.4) is 0 Å². The maximum absolute atomic E-state index is 13.3. The Balaban J connectivity index is 1.20. The van der Waals surface area contributed by atoms with Crippen molar-refractivity contribution in [3.05, 3.63) is 77.2 Å². The summed E-state index contributed by atoms with van der Waals surface area (Å²) >= 11 is 0. The van der Waals surface area contributed by atoms with Gasteiger partial charge >= 0.3 is 0 Å². The third kappa shape index (κ3) is 4.36. The molecular weight excluding hydrogens is 552 g/mol. The fraction of sp³-hybridized carbons (Fsp3) is 0.367. The number of carbonyl (C=O) groups is 1. The number of piperidine rings is 3. The maximum Gasteiger partial charge on any atom is 0.278 e. The molecule has 1 spiro atoms. The third-order valence-electron chi connectivity index (χ3n) is 8.59. The normalized spacial score (nSPS) is 24.7. The van der Waals surface area contributed by atoms with Crippen molar-refractivity contribution in [1.82, 2.24) is 29.2 Å². The standard InChI is InChI=1S/C30H32N8O3S/c1-4-14-37-28(40)22-18-31-29(34-27(22)38(37)25-7-5-6-24(33-25)35-42(2,3)41)32-21-10-8-19(9-11-21)23-17-30(23)26(39)20-12-15-36(30)16-13-20/h4-11,18,20,23H,1,12-17H2,2-3H3,(H,31,32,34)/t23-,30+/m1/s1. The summed E-state index contributed by atoms with van der Waals surface area (Å²) in [6.45, 7) is 6.07. The van der Waals surface area contributed by atoms with E-state index in [0.29, 0.717) is 34.4 Å². The second kappa shape index (κ2) is 9.70. The smallest absolute Gasteiger partial charge is 0.278 e. The number of hydrogen-bond donors (Lipinski definition) is 1. The number of Topliss-reactive ketones (excluding diaryl/α,β-unsaturated/α-hetero) is 1. The number of ketones is 1. The Morgan fingerprint density at radius 3 is 2.57 bits per heavy atom. The molecule has 3 saturated heterocycles. The third-order valence-corrected chi connectivity index (χ3v) is 9.21. The van der Waals surface area contributed by atoms with Crippen LogP contribution >= 0.6 is 0 Å². The summed E-state index contributed by atoms with van der Waals surface area (Å²) in [4.78, 5) is 42.5. The van der Waals surface area contributed by atoms with Crippen molar-refractivity contribution < 1.29 is 9.00 Å². The van der Waals surface area contributed by atoms with Crippen molar-refractivity contribution in [2.75, 3.05) is 30.9 Å². The van der Waals surface area contributed by atoms with Gasteiger partial charge in [-0.05, 0) is 62.2 Å². The number of benzene rings is 1. The molecule has 3 aliphatic heterocycles. The predicted octanol–water partition coefficient (Wildman–Crippen LogP) is 3.79. The molecule has 6 heterocycles. The van der Waals surface area contributed by atoms with Crippen molar-refractivity contribution in [3.8, 4) is 5.82 Å². The highest BCUT2D eigenvalue weighted by Gasteiger charge is 2.67. The molecule has 4 aromatic rings. The Morgan fingerprint density at radius 1 is 1.12 bits per heavy atom. The lowest BCUT2D eigenvalue weighted by atomic mass is 9.79. The number of rotatable bonds is 7. The van der Waals surface area contributed by atoms with E-state index in [4.69, 9.17) is 4.98 Å². The molecule has 8 rings (SSSR count). The van der Waals surface area contributed by atoms with E-state index in [9.17, 15) is 13.8 Å². The summed E-state index contributed by atoms with van der Waals surface area (Å²) in [6.07, 6.45) is 9.11. The molecule has 12 heteroatoms. The lowest BCUT2D eigenvalue weighted by Gasteiger charge is -2.45. The summed E-state index contributed by atoms with van der Waals surface area (Å²) in [5, 5.41) is 3.58. The number of allylic oxidation sites excluding steroid dienone is 1. The molecule has 3 aromatic heterocycles. The SMILES string of the molecule is C=CCn1c(=O)c2cnc(Nc3ccc([C@H]4C[C@@]45C(=O)C4CCN5CC4)cc3)nc2n1-c1cccc(N=S(C)(C)=O)n1. The van der Waals surface area contributed by atoms with Gasteiger partial charge in [0.2, 0.25) is 5.95 Å². The van der Waals surface area contributed by atoms with E-state index < -0.39 is 9.73 Å². The highest BCUT2D eigenvalue weighted by molar-refractivity contribution is 7.92. The molecule has 216 valence electrons. The molecule has 4 aliphatic rings. The zero-order valence-electron chi connectivity index (χ0n) is 23.6. The molecule has 0 amide bonds. The Hall–Kier alpha value is -4.16. The molecule has 2 bridgehead atoms. The second-order valence-corrected chi connectivity index (χ2v) is 14.1. The lowest BCUT2D eigenvalue weighted by molar-refractivity contribution is -0.139. The van der Waals surface area contributed by atoms with Crippen LogP contribution in [0.25, 0.3) is 16.9 Å². The lowest BCUT2D eigenvalue weighted by Crippen LogP contribution is -2.58. The molecular formula is C30H32N8O3S. The van der Waals surface area contributed by atoms with Crippen molar-refractivity contribution in [2.24, 2.45) is 10.3 Å². The van der Waals surface area contributed by atoms with Crippen LogP contribution in [0.4, 0.5) is 17.5 Å². The van der Waals surface area contributed by atoms with Gasteiger partial charge in [-0.25, -0.2) is 23.5 Å². The van der Waals surface area contributed by atoms with Crippen LogP contribution in [0.15, 0.2) is 70.5 Å². The van der Waals surface area contributed by atoms with E-state index in [0.717, 1.165) is 38.0 Å². The first-order chi connectivity index (χ1) is 20.2. The van der Waals surface area contributed by atoms with E-state index in [1.807, 2.05) is 12.1 Å². The van der Waals surface area contributed by atoms with E-state index in [1.54, 1.807) is 29.0 Å². The maximum atomic E-state index is 13.3. The molecule has 4 fully saturated rings. The van der Waals surface area contributed by atoms with E-state index >= 15 is 0 Å². The monoisotopic (exact) mass is 584 g/mol. The van der Waals surface area contributed by atoms with Crippen molar-refractivity contribution in [1.29, 1.82) is 0 Å². The minimum Gasteiger partial charge on any atom is -0.324 e. The zero-order valence-corrected chi connectivity index (χ0v) is 24.4. The molecule has 0 unspecified atom stereocenters. The van der Waals surface area contributed by atoms with E-state index in [-0.39, 0.29) is 29.5 Å². The minimum atomic E-state index is -2.43. The van der Waals surface area contributed by atoms with Gasteiger partial charge in [-0.2, -0.15) is 9.35 Å². The summed E-state index contributed by atoms with van der Waals surface area (Å²) in [5.41, 5.74) is 1.78. The van der Waals surface area contributed by atoms with Gasteiger partial charge in [-0.1, -0.05) is 24.3 Å². The second-order valence-electron chi connectivity index (χ2n) is 11.6. The van der Waals surface area contributed by atoms with Crippen molar-refractivity contribution >= 4 is 44.0 Å². The molecule has 1 N–H and O–H groups in total. The van der Waals surface area contributed by atoms with Gasteiger partial charge in [0.1, 0.15) is 5.39 Å². The first kappa shape index (κ1) is 26.7. The highest BCUT2D eigenvalue weighted by Crippen LogP contribution is 2.61. The summed E-state index contributed by atoms with van der Waals surface area (Å²) in [7, 11) is -2.43. The van der Waals surface area contributed by atoms with Gasteiger partial charge < -0.3 is 5.32 Å². The largest absolute Gasteiger partial charge is 0.324 e. The Labute approximate surface area is 243 Å². The fourth-order valence-electron chi connectivity index (χ4n) is 6.66. The van der Waals surface area contributed by atoms with Crippen LogP contribution in [0.2, 0.25) is 0 Å². The van der Waals surface area contributed by atoms with Gasteiger partial charge in [-0.15, -0.1) is 6.58 Å². The topological polar surface area (TPSA) is 127 Å². The van der Waals surface area contributed by atoms with E-state index in [1.165, 1.54) is 29.0 Å². The predicted molar refractivity (Wildman–Crippen MR) is 162 cm³/mol. The van der Waals surface area contributed by atoms with Gasteiger partial charge in [0, 0.05) is 46.0 Å². The minimum absolute atomic E-state index is 0.226. The summed E-state index contributed by atoms with van der Waals surface area (Å²) < 4.78 is 19.6. The van der Waals surface area contributed by atoms with Crippen LogP contribution in [0, 0.1) is 5.92 Å². The van der Waals surface area contributed by atoms with Crippen LogP contribution in [0.5, 0.6) is 0 Å². The number of hydrogen-bond acceptors (Lipinski definition) is 9. The number of carbonyl (C=O) groups excluding carboxylic acids is 1. The number of aromatic nitrogens is 5. The molecule has 11 nitrogen and oxygen atoms in total. The van der Waals surface area contributed by atoms with E-state index in [2.05, 4.69) is 43.3 Å². The number of pyridine rings is 1. The molecule has 0 radical (unpaired) electrons. The molecule has 1 saturated carbocycles. The van der Waals surface area contributed by atoms with Crippen LogP contribution in [-0.2, 0) is 21.1 Å². The fourth-order valence-corrected chi connectivity index (χ4v) is 7.21. The molecule has 42 heavy (non-hydrogen) atoms. The Bertz CT molecular complexity index is 1920. The number of nitrogens with zero attached hydrogens (tertiary/aromatic N) is 7.